The van der Waals surface area contributed by atoms with Gasteiger partial charge >= 0.3 is 0 Å². The molecule has 5 heteroatoms. The van der Waals surface area contributed by atoms with Crippen molar-refractivity contribution < 1.29 is 4.74 Å². The lowest BCUT2D eigenvalue weighted by molar-refractivity contribution is 0.414. The summed E-state index contributed by atoms with van der Waals surface area (Å²) in [6.45, 7) is 2.00. The molecule has 3 aromatic rings. The van der Waals surface area contributed by atoms with Crippen LogP contribution in [0.3, 0.4) is 0 Å². The van der Waals surface area contributed by atoms with Gasteiger partial charge in [-0.25, -0.2) is 0 Å². The van der Waals surface area contributed by atoms with E-state index in [2.05, 4.69) is 15.4 Å². The van der Waals surface area contributed by atoms with Gasteiger partial charge in [0.05, 0.1) is 12.8 Å². The lowest BCUT2D eigenvalue weighted by Crippen LogP contribution is -2.00. The van der Waals surface area contributed by atoms with Crippen molar-refractivity contribution in [1.82, 2.24) is 20.2 Å². The Morgan fingerprint density at radius 3 is 2.60 bits per heavy atom. The van der Waals surface area contributed by atoms with E-state index < -0.39 is 0 Å². The average molecular weight is 266 g/mol. The van der Waals surface area contributed by atoms with E-state index in [0.29, 0.717) is 5.82 Å². The molecule has 20 heavy (non-hydrogen) atoms. The molecular formula is C15H14N4O. The molecule has 0 aliphatic heterocycles. The van der Waals surface area contributed by atoms with E-state index in [1.54, 1.807) is 7.11 Å². The first-order valence-corrected chi connectivity index (χ1v) is 6.28. The van der Waals surface area contributed by atoms with Crippen molar-refractivity contribution in [1.29, 1.82) is 0 Å². The minimum absolute atomic E-state index is 0.603. The summed E-state index contributed by atoms with van der Waals surface area (Å²) in [4.78, 5) is 1.51. The van der Waals surface area contributed by atoms with Gasteiger partial charge in [-0.1, -0.05) is 30.3 Å². The minimum atomic E-state index is 0.603. The minimum Gasteiger partial charge on any atom is -0.497 e. The molecule has 0 fully saturated rings. The van der Waals surface area contributed by atoms with Gasteiger partial charge in [-0.05, 0) is 29.8 Å². The van der Waals surface area contributed by atoms with E-state index in [9.17, 15) is 0 Å². The predicted molar refractivity (Wildman–Crippen MR) is 75.9 cm³/mol. The van der Waals surface area contributed by atoms with E-state index in [1.165, 1.54) is 4.80 Å². The first-order valence-electron chi connectivity index (χ1n) is 6.28. The second-order valence-corrected chi connectivity index (χ2v) is 4.48. The molecule has 0 saturated heterocycles. The summed E-state index contributed by atoms with van der Waals surface area (Å²) in [5, 5.41) is 12.6. The standard InChI is InChI=1S/C15H14N4O/c1-11-8-13(10-14(9-11)20-2)19-17-15(16-18-19)12-6-4-3-5-7-12/h3-10H,1-2H3. The number of aromatic nitrogens is 4. The summed E-state index contributed by atoms with van der Waals surface area (Å²) in [5.74, 6) is 1.38. The fourth-order valence-corrected chi connectivity index (χ4v) is 1.99. The highest BCUT2D eigenvalue weighted by Gasteiger charge is 2.08. The molecule has 0 bridgehead atoms. The van der Waals surface area contributed by atoms with Crippen LogP contribution in [0.15, 0.2) is 48.5 Å². The summed E-state index contributed by atoms with van der Waals surface area (Å²) >= 11 is 0. The van der Waals surface area contributed by atoms with Crippen LogP contribution >= 0.6 is 0 Å². The Kier molecular flexibility index (Phi) is 3.16. The molecule has 1 aromatic heterocycles. The predicted octanol–water partition coefficient (Wildman–Crippen LogP) is 2.65. The third-order valence-corrected chi connectivity index (χ3v) is 2.95. The third kappa shape index (κ3) is 2.38. The van der Waals surface area contributed by atoms with Crippen LogP contribution in [-0.2, 0) is 0 Å². The number of benzene rings is 2. The third-order valence-electron chi connectivity index (χ3n) is 2.95. The van der Waals surface area contributed by atoms with Gasteiger partial charge in [0.1, 0.15) is 5.75 Å². The van der Waals surface area contributed by atoms with Crippen molar-refractivity contribution in [2.24, 2.45) is 0 Å². The zero-order valence-electron chi connectivity index (χ0n) is 11.3. The van der Waals surface area contributed by atoms with Crippen molar-refractivity contribution in [2.45, 2.75) is 6.92 Å². The van der Waals surface area contributed by atoms with Gasteiger partial charge in [-0.3, -0.25) is 0 Å². The highest BCUT2D eigenvalue weighted by atomic mass is 16.5. The monoisotopic (exact) mass is 266 g/mol. The maximum absolute atomic E-state index is 5.26. The van der Waals surface area contributed by atoms with Gasteiger partial charge in [0, 0.05) is 11.6 Å². The molecule has 2 aromatic carbocycles. The van der Waals surface area contributed by atoms with E-state index >= 15 is 0 Å². The molecular weight excluding hydrogens is 252 g/mol. The fraction of sp³-hybridized carbons (Fsp3) is 0.133. The lowest BCUT2D eigenvalue weighted by atomic mass is 10.2. The maximum atomic E-state index is 5.26. The number of hydrogen-bond donors (Lipinski definition) is 0. The Morgan fingerprint density at radius 2 is 1.85 bits per heavy atom. The van der Waals surface area contributed by atoms with Gasteiger partial charge in [0.25, 0.3) is 0 Å². The molecule has 0 saturated carbocycles. The molecule has 0 radical (unpaired) electrons. The normalized spacial score (nSPS) is 10.5. The van der Waals surface area contributed by atoms with Crippen molar-refractivity contribution in [3.8, 4) is 22.8 Å². The molecule has 0 spiro atoms. The SMILES string of the molecule is COc1cc(C)cc(-n2nnc(-c3ccccc3)n2)c1. The van der Waals surface area contributed by atoms with Crippen molar-refractivity contribution in [2.75, 3.05) is 7.11 Å². The van der Waals surface area contributed by atoms with Crippen LogP contribution in [0.4, 0.5) is 0 Å². The number of nitrogens with zero attached hydrogens (tertiary/aromatic N) is 4. The second kappa shape index (κ2) is 5.13. The van der Waals surface area contributed by atoms with E-state index in [4.69, 9.17) is 4.74 Å². The molecule has 0 atom stereocenters. The fourth-order valence-electron chi connectivity index (χ4n) is 1.99. The zero-order valence-corrected chi connectivity index (χ0v) is 11.3. The number of rotatable bonds is 3. The van der Waals surface area contributed by atoms with Gasteiger partial charge in [-0.15, -0.1) is 15.0 Å². The topological polar surface area (TPSA) is 52.8 Å². The molecule has 100 valence electrons. The van der Waals surface area contributed by atoms with E-state index in [0.717, 1.165) is 22.6 Å². The Labute approximate surface area is 116 Å². The van der Waals surface area contributed by atoms with Crippen LogP contribution in [0.1, 0.15) is 5.56 Å². The van der Waals surface area contributed by atoms with E-state index in [1.807, 2.05) is 55.5 Å². The van der Waals surface area contributed by atoms with Crippen LogP contribution in [0.25, 0.3) is 17.1 Å². The summed E-state index contributed by atoms with van der Waals surface area (Å²) < 4.78 is 5.26. The number of methoxy groups -OCH3 is 1. The number of aryl methyl sites for hydroxylation is 1. The number of ether oxygens (including phenoxy) is 1. The van der Waals surface area contributed by atoms with Gasteiger partial charge < -0.3 is 4.74 Å². The van der Waals surface area contributed by atoms with Crippen LogP contribution in [0.5, 0.6) is 5.75 Å². The van der Waals surface area contributed by atoms with E-state index in [-0.39, 0.29) is 0 Å². The lowest BCUT2D eigenvalue weighted by Gasteiger charge is -2.04. The van der Waals surface area contributed by atoms with Crippen LogP contribution in [0.2, 0.25) is 0 Å². The smallest absolute Gasteiger partial charge is 0.205 e. The van der Waals surface area contributed by atoms with Crippen LogP contribution in [-0.4, -0.2) is 27.3 Å². The van der Waals surface area contributed by atoms with Crippen LogP contribution < -0.4 is 4.74 Å². The average Bonchev–Trinajstić information content (AvgIpc) is 2.97. The Hall–Kier alpha value is -2.69. The molecule has 0 N–H and O–H groups in total. The second-order valence-electron chi connectivity index (χ2n) is 4.48. The Bertz CT molecular complexity index is 722. The first-order chi connectivity index (χ1) is 9.76. The van der Waals surface area contributed by atoms with Crippen molar-refractivity contribution >= 4 is 0 Å². The van der Waals surface area contributed by atoms with Crippen molar-refractivity contribution in [3.05, 3.63) is 54.1 Å². The summed E-state index contributed by atoms with van der Waals surface area (Å²) in [6.07, 6.45) is 0. The largest absolute Gasteiger partial charge is 0.497 e. The number of hydrogen-bond acceptors (Lipinski definition) is 4. The quantitative estimate of drug-likeness (QED) is 0.731. The molecule has 5 nitrogen and oxygen atoms in total. The Balaban J connectivity index is 2.00. The van der Waals surface area contributed by atoms with Gasteiger partial charge in [0.2, 0.25) is 5.82 Å². The molecule has 0 unspecified atom stereocenters. The number of tetrazole rings is 1. The zero-order chi connectivity index (χ0) is 13.9. The molecule has 1 heterocycles. The molecule has 0 aliphatic carbocycles. The maximum Gasteiger partial charge on any atom is 0.205 e. The highest BCUT2D eigenvalue weighted by molar-refractivity contribution is 5.53. The van der Waals surface area contributed by atoms with Gasteiger partial charge in [-0.2, -0.15) is 0 Å². The summed E-state index contributed by atoms with van der Waals surface area (Å²) in [6, 6.07) is 15.6. The highest BCUT2D eigenvalue weighted by Crippen LogP contribution is 2.19. The van der Waals surface area contributed by atoms with Crippen LogP contribution in [0, 0.1) is 6.92 Å². The summed E-state index contributed by atoms with van der Waals surface area (Å²) in [5.41, 5.74) is 2.85. The summed E-state index contributed by atoms with van der Waals surface area (Å²) in [7, 11) is 1.64. The van der Waals surface area contributed by atoms with Crippen molar-refractivity contribution in [3.63, 3.8) is 0 Å². The Morgan fingerprint density at radius 1 is 1.05 bits per heavy atom. The molecule has 0 aliphatic rings. The van der Waals surface area contributed by atoms with Gasteiger partial charge in [0.15, 0.2) is 0 Å². The molecule has 0 amide bonds. The first kappa shape index (κ1) is 12.3. The molecule has 3 rings (SSSR count).